The Morgan fingerprint density at radius 1 is 1.02 bits per heavy atom. The van der Waals surface area contributed by atoms with Crippen LogP contribution in [-0.4, -0.2) is 55.2 Å². The second-order valence-electron chi connectivity index (χ2n) is 11.1. The average molecular weight is 575 g/mol. The zero-order valence-corrected chi connectivity index (χ0v) is 23.6. The van der Waals surface area contributed by atoms with Gasteiger partial charge in [-0.2, -0.15) is 0 Å². The van der Waals surface area contributed by atoms with Crippen LogP contribution in [0.15, 0.2) is 40.5 Å². The van der Waals surface area contributed by atoms with Crippen LogP contribution in [0.5, 0.6) is 5.88 Å². The Bertz CT molecular complexity index is 1810. The van der Waals surface area contributed by atoms with E-state index in [1.165, 1.54) is 12.5 Å². The highest BCUT2D eigenvalue weighted by Gasteiger charge is 2.37. The van der Waals surface area contributed by atoms with Gasteiger partial charge in [-0.25, -0.2) is 33.3 Å². The summed E-state index contributed by atoms with van der Waals surface area (Å²) < 4.78 is 32.2. The van der Waals surface area contributed by atoms with Gasteiger partial charge in [0.05, 0.1) is 41.4 Å². The highest BCUT2D eigenvalue weighted by molar-refractivity contribution is 7.92. The lowest BCUT2D eigenvalue weighted by Crippen LogP contribution is -2.29. The molecule has 13 heteroatoms. The lowest BCUT2D eigenvalue weighted by molar-refractivity contribution is 0.397. The summed E-state index contributed by atoms with van der Waals surface area (Å²) in [6.45, 7) is 2.24. The molecule has 0 spiro atoms. The van der Waals surface area contributed by atoms with E-state index < -0.39 is 9.84 Å². The van der Waals surface area contributed by atoms with Crippen molar-refractivity contribution in [3.05, 3.63) is 52.6 Å². The number of ether oxygens (including phenoxy) is 1. The molecule has 4 heterocycles. The first-order chi connectivity index (χ1) is 19.8. The van der Waals surface area contributed by atoms with Gasteiger partial charge in [0, 0.05) is 18.2 Å². The first-order valence-electron chi connectivity index (χ1n) is 14.0. The summed E-state index contributed by atoms with van der Waals surface area (Å²) in [6, 6.07) is 3.15. The molecule has 1 atom stereocenters. The molecule has 12 nitrogen and oxygen atoms in total. The topological polar surface area (TPSA) is 155 Å². The van der Waals surface area contributed by atoms with Gasteiger partial charge in [0.1, 0.15) is 17.4 Å². The molecular formula is C28H30N8O4S. The van der Waals surface area contributed by atoms with Crippen molar-refractivity contribution in [2.75, 3.05) is 12.4 Å². The average Bonchev–Trinajstić information content (AvgIpc) is 3.84. The molecule has 0 saturated heterocycles. The van der Waals surface area contributed by atoms with Crippen molar-refractivity contribution < 1.29 is 13.2 Å². The van der Waals surface area contributed by atoms with Crippen molar-refractivity contribution in [1.82, 2.24) is 34.5 Å². The van der Waals surface area contributed by atoms with Gasteiger partial charge in [0.2, 0.25) is 5.88 Å². The molecule has 3 aliphatic carbocycles. The van der Waals surface area contributed by atoms with Crippen LogP contribution < -0.4 is 15.6 Å². The summed E-state index contributed by atoms with van der Waals surface area (Å²) in [7, 11) is -1.75. The van der Waals surface area contributed by atoms with Gasteiger partial charge in [0.15, 0.2) is 27.1 Å². The number of methoxy groups -OCH3 is 1. The molecule has 3 saturated carbocycles. The zero-order valence-electron chi connectivity index (χ0n) is 22.8. The van der Waals surface area contributed by atoms with Crippen LogP contribution in [0.3, 0.4) is 0 Å². The molecule has 0 aromatic carbocycles. The standard InChI is InChI=1S/C28H30N8O4S/c1-15(16-3-4-16)36-26-21(13-31-24(35-26)22-23(17-5-6-17)32-14-33-27(22)40-2)34-25(28(36)37)30-11-18-7-8-20(12-29-18)41(38,39)19-9-10-19/h7-8,12-17,19H,3-6,9-11H2,1-2H3,(H,30,34)/t15-/m0/s1. The molecule has 0 bridgehead atoms. The fraction of sp³-hybridized carbons (Fsp3) is 0.464. The molecule has 41 heavy (non-hydrogen) atoms. The van der Waals surface area contributed by atoms with E-state index in [1.54, 1.807) is 30.0 Å². The number of pyridine rings is 1. The van der Waals surface area contributed by atoms with Crippen LogP contribution in [-0.2, 0) is 16.4 Å². The molecule has 3 fully saturated rings. The van der Waals surface area contributed by atoms with E-state index in [1.807, 2.05) is 6.92 Å². The normalized spacial score (nSPS) is 17.9. The fourth-order valence-corrected chi connectivity index (χ4v) is 6.85. The van der Waals surface area contributed by atoms with E-state index in [0.29, 0.717) is 58.8 Å². The SMILES string of the molecule is COc1ncnc(C2CC2)c1-c1ncc2nc(NCc3ccc(S(=O)(=O)C4CC4)cn3)c(=O)n([C@@H](C)C3CC3)c2n1. The second-order valence-corrected chi connectivity index (χ2v) is 13.3. The number of hydrogen-bond acceptors (Lipinski definition) is 11. The van der Waals surface area contributed by atoms with Crippen LogP contribution in [0.1, 0.15) is 68.8 Å². The number of sulfone groups is 1. The minimum absolute atomic E-state index is 0.0850. The monoisotopic (exact) mass is 574 g/mol. The van der Waals surface area contributed by atoms with Gasteiger partial charge in [0.25, 0.3) is 5.56 Å². The summed E-state index contributed by atoms with van der Waals surface area (Å²) in [6.07, 6.45) is 10.1. The van der Waals surface area contributed by atoms with Crippen molar-refractivity contribution in [3.8, 4) is 17.3 Å². The summed E-state index contributed by atoms with van der Waals surface area (Å²) in [5.41, 5.74) is 2.75. The predicted molar refractivity (Wildman–Crippen MR) is 150 cm³/mol. The zero-order chi connectivity index (χ0) is 28.3. The van der Waals surface area contributed by atoms with Gasteiger partial charge >= 0.3 is 0 Å². The molecule has 4 aromatic heterocycles. The van der Waals surface area contributed by atoms with Gasteiger partial charge in [-0.05, 0) is 63.5 Å². The van der Waals surface area contributed by atoms with Crippen LogP contribution >= 0.6 is 0 Å². The summed E-state index contributed by atoms with van der Waals surface area (Å²) >= 11 is 0. The highest BCUT2D eigenvalue weighted by atomic mass is 32.2. The van der Waals surface area contributed by atoms with Crippen molar-refractivity contribution in [2.45, 2.75) is 74.1 Å². The number of aromatic nitrogens is 7. The molecule has 1 N–H and O–H groups in total. The third kappa shape index (κ3) is 4.81. The van der Waals surface area contributed by atoms with Gasteiger partial charge in [-0.1, -0.05) is 0 Å². The maximum absolute atomic E-state index is 13.8. The Hall–Kier alpha value is -4.00. The third-order valence-electron chi connectivity index (χ3n) is 8.09. The molecule has 4 aromatic rings. The molecular weight excluding hydrogens is 544 g/mol. The number of anilines is 1. The molecule has 0 unspecified atom stereocenters. The van der Waals surface area contributed by atoms with Crippen molar-refractivity contribution in [1.29, 1.82) is 0 Å². The molecule has 212 valence electrons. The number of nitrogens with zero attached hydrogens (tertiary/aromatic N) is 7. The van der Waals surface area contributed by atoms with Crippen LogP contribution in [0.4, 0.5) is 5.82 Å². The molecule has 7 rings (SSSR count). The summed E-state index contributed by atoms with van der Waals surface area (Å²) in [5, 5.41) is 2.82. The molecule has 3 aliphatic rings. The lowest BCUT2D eigenvalue weighted by Gasteiger charge is -2.19. The van der Waals surface area contributed by atoms with E-state index in [-0.39, 0.29) is 34.1 Å². The van der Waals surface area contributed by atoms with Gasteiger partial charge in [-0.15, -0.1) is 0 Å². The van der Waals surface area contributed by atoms with Crippen LogP contribution in [0, 0.1) is 5.92 Å². The van der Waals surface area contributed by atoms with E-state index in [9.17, 15) is 13.2 Å². The highest BCUT2D eigenvalue weighted by Crippen LogP contribution is 2.45. The quantitative estimate of drug-likeness (QED) is 0.296. The van der Waals surface area contributed by atoms with Crippen molar-refractivity contribution >= 4 is 26.8 Å². The molecule has 0 amide bonds. The van der Waals surface area contributed by atoms with E-state index in [0.717, 1.165) is 31.4 Å². The first kappa shape index (κ1) is 25.9. The number of hydrogen-bond donors (Lipinski definition) is 1. The van der Waals surface area contributed by atoms with Crippen LogP contribution in [0.25, 0.3) is 22.6 Å². The van der Waals surface area contributed by atoms with E-state index >= 15 is 0 Å². The number of fused-ring (bicyclic) bond motifs is 1. The third-order valence-corrected chi connectivity index (χ3v) is 10.3. The Labute approximate surface area is 236 Å². The Morgan fingerprint density at radius 3 is 2.49 bits per heavy atom. The number of rotatable bonds is 10. The minimum atomic E-state index is -3.31. The van der Waals surface area contributed by atoms with E-state index in [2.05, 4.69) is 30.2 Å². The minimum Gasteiger partial charge on any atom is -0.480 e. The van der Waals surface area contributed by atoms with Crippen molar-refractivity contribution in [3.63, 3.8) is 0 Å². The van der Waals surface area contributed by atoms with Crippen molar-refractivity contribution in [2.24, 2.45) is 5.92 Å². The smallest absolute Gasteiger partial charge is 0.295 e. The predicted octanol–water partition coefficient (Wildman–Crippen LogP) is 3.44. The molecule has 0 radical (unpaired) electrons. The van der Waals surface area contributed by atoms with E-state index in [4.69, 9.17) is 9.72 Å². The first-order valence-corrected chi connectivity index (χ1v) is 15.5. The largest absolute Gasteiger partial charge is 0.480 e. The lowest BCUT2D eigenvalue weighted by atomic mass is 10.1. The maximum Gasteiger partial charge on any atom is 0.295 e. The fourth-order valence-electron chi connectivity index (χ4n) is 5.25. The summed E-state index contributed by atoms with van der Waals surface area (Å²) in [5.74, 6) is 1.66. The second kappa shape index (κ2) is 9.82. The van der Waals surface area contributed by atoms with Crippen LogP contribution in [0.2, 0.25) is 0 Å². The van der Waals surface area contributed by atoms with Gasteiger partial charge in [-0.3, -0.25) is 14.3 Å². The Kier molecular flexibility index (Phi) is 6.21. The number of nitrogens with one attached hydrogen (secondary N) is 1. The maximum atomic E-state index is 13.8. The Morgan fingerprint density at radius 2 is 1.83 bits per heavy atom. The van der Waals surface area contributed by atoms with Gasteiger partial charge < -0.3 is 10.1 Å². The summed E-state index contributed by atoms with van der Waals surface area (Å²) in [4.78, 5) is 41.2. The Balaban J connectivity index is 1.25. The molecule has 0 aliphatic heterocycles.